The fraction of sp³-hybridized carbons (Fsp3) is 0.333. The zero-order valence-corrected chi connectivity index (χ0v) is 11.9. The molecule has 1 saturated heterocycles. The highest BCUT2D eigenvalue weighted by Crippen LogP contribution is 2.28. The van der Waals surface area contributed by atoms with Crippen molar-refractivity contribution in [3.8, 4) is 0 Å². The standard InChI is InChI=1S/C12H12BrNO3S/c13-9-1-2-11-8(5-9)6-12(17-11)10-7-18(15,16)4-3-14-10/h1-2,5-6,10,14H,3-4,7H2. The molecule has 0 spiro atoms. The Morgan fingerprint density at radius 1 is 1.33 bits per heavy atom. The molecular formula is C12H12BrNO3S. The second-order valence-electron chi connectivity index (χ2n) is 4.45. The van der Waals surface area contributed by atoms with Gasteiger partial charge in [0.05, 0.1) is 17.5 Å². The van der Waals surface area contributed by atoms with E-state index >= 15 is 0 Å². The normalized spacial score (nSPS) is 23.3. The summed E-state index contributed by atoms with van der Waals surface area (Å²) in [6.45, 7) is 0.480. The molecule has 2 aromatic rings. The molecule has 0 aliphatic carbocycles. The molecule has 1 aromatic carbocycles. The molecule has 0 saturated carbocycles. The Labute approximate surface area is 113 Å². The number of hydrogen-bond donors (Lipinski definition) is 1. The van der Waals surface area contributed by atoms with Gasteiger partial charge in [-0.1, -0.05) is 15.9 Å². The number of fused-ring (bicyclic) bond motifs is 1. The van der Waals surface area contributed by atoms with Crippen molar-refractivity contribution in [2.24, 2.45) is 0 Å². The summed E-state index contributed by atoms with van der Waals surface area (Å²) >= 11 is 3.40. The van der Waals surface area contributed by atoms with E-state index in [1.54, 1.807) is 0 Å². The van der Waals surface area contributed by atoms with Crippen molar-refractivity contribution >= 4 is 36.7 Å². The number of hydrogen-bond acceptors (Lipinski definition) is 4. The van der Waals surface area contributed by atoms with Gasteiger partial charge in [-0.3, -0.25) is 0 Å². The van der Waals surface area contributed by atoms with Crippen molar-refractivity contribution in [1.82, 2.24) is 5.32 Å². The highest BCUT2D eigenvalue weighted by molar-refractivity contribution is 9.10. The molecule has 0 bridgehead atoms. The van der Waals surface area contributed by atoms with Crippen molar-refractivity contribution in [3.63, 3.8) is 0 Å². The van der Waals surface area contributed by atoms with Crippen molar-refractivity contribution in [1.29, 1.82) is 0 Å². The zero-order valence-electron chi connectivity index (χ0n) is 9.52. The molecule has 18 heavy (non-hydrogen) atoms. The Balaban J connectivity index is 1.99. The molecule has 1 N–H and O–H groups in total. The lowest BCUT2D eigenvalue weighted by atomic mass is 10.2. The van der Waals surface area contributed by atoms with Crippen molar-refractivity contribution in [3.05, 3.63) is 34.5 Å². The van der Waals surface area contributed by atoms with Crippen LogP contribution in [0.15, 0.2) is 33.2 Å². The topological polar surface area (TPSA) is 59.3 Å². The van der Waals surface area contributed by atoms with Crippen LogP contribution in [0.4, 0.5) is 0 Å². The minimum atomic E-state index is -2.96. The number of halogens is 1. The highest BCUT2D eigenvalue weighted by Gasteiger charge is 2.27. The predicted octanol–water partition coefficient (Wildman–Crippen LogP) is 2.25. The van der Waals surface area contributed by atoms with Crippen LogP contribution in [0.5, 0.6) is 0 Å². The van der Waals surface area contributed by atoms with Crippen LogP contribution >= 0.6 is 15.9 Å². The maximum atomic E-state index is 11.6. The summed E-state index contributed by atoms with van der Waals surface area (Å²) in [6.07, 6.45) is 0. The second-order valence-corrected chi connectivity index (χ2v) is 7.60. The van der Waals surface area contributed by atoms with Crippen molar-refractivity contribution in [2.75, 3.05) is 18.1 Å². The van der Waals surface area contributed by atoms with Crippen molar-refractivity contribution < 1.29 is 12.8 Å². The SMILES string of the molecule is O=S1(=O)CCNC(c2cc3cc(Br)ccc3o2)C1. The lowest BCUT2D eigenvalue weighted by Crippen LogP contribution is -2.38. The first kappa shape index (κ1) is 12.2. The number of rotatable bonds is 1. The Morgan fingerprint density at radius 3 is 2.94 bits per heavy atom. The summed E-state index contributed by atoms with van der Waals surface area (Å²) in [5, 5.41) is 4.16. The lowest BCUT2D eigenvalue weighted by Gasteiger charge is -2.21. The third-order valence-electron chi connectivity index (χ3n) is 3.07. The van der Waals surface area contributed by atoms with Gasteiger partial charge in [-0.15, -0.1) is 0 Å². The van der Waals surface area contributed by atoms with E-state index in [4.69, 9.17) is 4.42 Å². The van der Waals surface area contributed by atoms with Crippen LogP contribution in [0.2, 0.25) is 0 Å². The summed E-state index contributed by atoms with van der Waals surface area (Å²) in [5.74, 6) is 0.995. The first-order chi connectivity index (χ1) is 8.53. The molecule has 1 aromatic heterocycles. The smallest absolute Gasteiger partial charge is 0.153 e. The maximum Gasteiger partial charge on any atom is 0.153 e. The number of nitrogens with one attached hydrogen (secondary N) is 1. The first-order valence-corrected chi connectivity index (χ1v) is 8.28. The maximum absolute atomic E-state index is 11.6. The molecule has 96 valence electrons. The predicted molar refractivity (Wildman–Crippen MR) is 73.3 cm³/mol. The number of furan rings is 1. The van der Waals surface area contributed by atoms with Gasteiger partial charge in [-0.05, 0) is 24.3 Å². The molecule has 1 atom stereocenters. The third kappa shape index (κ3) is 2.32. The molecule has 1 aliphatic heterocycles. The van der Waals surface area contributed by atoms with Crippen molar-refractivity contribution in [2.45, 2.75) is 6.04 Å². The monoisotopic (exact) mass is 329 g/mol. The molecular weight excluding hydrogens is 318 g/mol. The average Bonchev–Trinajstić information content (AvgIpc) is 2.70. The zero-order chi connectivity index (χ0) is 12.8. The Kier molecular flexibility index (Phi) is 2.96. The van der Waals surface area contributed by atoms with Gasteiger partial charge >= 0.3 is 0 Å². The molecule has 0 amide bonds. The fourth-order valence-corrected chi connectivity index (χ4v) is 3.94. The van der Waals surface area contributed by atoms with Crippen LogP contribution in [-0.2, 0) is 9.84 Å². The number of benzene rings is 1. The summed E-state index contributed by atoms with van der Waals surface area (Å²) in [6, 6.07) is 7.40. The van der Waals surface area contributed by atoms with Crippen LogP contribution in [-0.4, -0.2) is 26.5 Å². The van der Waals surface area contributed by atoms with E-state index in [9.17, 15) is 8.42 Å². The van der Waals surface area contributed by atoms with Gasteiger partial charge < -0.3 is 9.73 Å². The summed E-state index contributed by atoms with van der Waals surface area (Å²) in [5.41, 5.74) is 0.776. The molecule has 3 rings (SSSR count). The van der Waals surface area contributed by atoms with Crippen LogP contribution in [0.25, 0.3) is 11.0 Å². The van der Waals surface area contributed by atoms with Gasteiger partial charge in [0, 0.05) is 16.4 Å². The van der Waals surface area contributed by atoms with Crippen LogP contribution < -0.4 is 5.32 Å². The van der Waals surface area contributed by atoms with Crippen LogP contribution in [0, 0.1) is 0 Å². The number of sulfone groups is 1. The van der Waals surface area contributed by atoms with Gasteiger partial charge in [0.25, 0.3) is 0 Å². The van der Waals surface area contributed by atoms with Gasteiger partial charge in [0.2, 0.25) is 0 Å². The molecule has 4 nitrogen and oxygen atoms in total. The average molecular weight is 330 g/mol. The van der Waals surface area contributed by atoms with Crippen LogP contribution in [0.1, 0.15) is 11.8 Å². The van der Waals surface area contributed by atoms with Gasteiger partial charge in [-0.2, -0.15) is 0 Å². The molecule has 1 aliphatic rings. The highest BCUT2D eigenvalue weighted by atomic mass is 79.9. The minimum absolute atomic E-state index is 0.105. The Morgan fingerprint density at radius 2 is 2.17 bits per heavy atom. The van der Waals surface area contributed by atoms with Gasteiger partial charge in [0.15, 0.2) is 9.84 Å². The molecule has 1 unspecified atom stereocenters. The molecule has 0 radical (unpaired) electrons. The first-order valence-electron chi connectivity index (χ1n) is 5.66. The fourth-order valence-electron chi connectivity index (χ4n) is 2.17. The summed E-state index contributed by atoms with van der Waals surface area (Å²) in [7, 11) is -2.96. The van der Waals surface area contributed by atoms with E-state index in [2.05, 4.69) is 21.2 Å². The van der Waals surface area contributed by atoms with Gasteiger partial charge in [-0.25, -0.2) is 8.42 Å². The molecule has 1 fully saturated rings. The van der Waals surface area contributed by atoms with Gasteiger partial charge in [0.1, 0.15) is 11.3 Å². The molecule has 2 heterocycles. The van der Waals surface area contributed by atoms with E-state index in [1.165, 1.54) is 0 Å². The lowest BCUT2D eigenvalue weighted by molar-refractivity contribution is 0.445. The van der Waals surface area contributed by atoms with E-state index < -0.39 is 9.84 Å². The Bertz CT molecular complexity index is 692. The molecule has 6 heteroatoms. The van der Waals surface area contributed by atoms with E-state index in [-0.39, 0.29) is 17.5 Å². The minimum Gasteiger partial charge on any atom is -0.459 e. The van der Waals surface area contributed by atoms with Crippen LogP contribution in [0.3, 0.4) is 0 Å². The van der Waals surface area contributed by atoms with E-state index in [1.807, 2.05) is 24.3 Å². The quantitative estimate of drug-likeness (QED) is 0.871. The van der Waals surface area contributed by atoms with E-state index in [0.717, 1.165) is 15.4 Å². The summed E-state index contributed by atoms with van der Waals surface area (Å²) in [4.78, 5) is 0. The third-order valence-corrected chi connectivity index (χ3v) is 5.23. The second kappa shape index (κ2) is 4.36. The largest absolute Gasteiger partial charge is 0.459 e. The summed E-state index contributed by atoms with van der Waals surface area (Å²) < 4.78 is 29.9. The Hall–Kier alpha value is -0.850. The van der Waals surface area contributed by atoms with E-state index in [0.29, 0.717) is 12.3 Å².